The Hall–Kier alpha value is -2.50. The van der Waals surface area contributed by atoms with Crippen LogP contribution in [0.5, 0.6) is 0 Å². The predicted octanol–water partition coefficient (Wildman–Crippen LogP) is 4.31. The lowest BCUT2D eigenvalue weighted by atomic mass is 9.80. The lowest BCUT2D eigenvalue weighted by molar-refractivity contribution is -0.120. The van der Waals surface area contributed by atoms with Gasteiger partial charge in [-0.25, -0.2) is 10.2 Å². The lowest BCUT2D eigenvalue weighted by Gasteiger charge is -2.35. The molecule has 0 radical (unpaired) electrons. The molecule has 1 heterocycles. The summed E-state index contributed by atoms with van der Waals surface area (Å²) in [5, 5.41) is 0. The van der Waals surface area contributed by atoms with E-state index in [2.05, 4.69) is 62.5 Å². The standard InChI is InChI=1S/C24H37N3O3/c1-17(21(28)25-26-22(29)30-24(5,6)7)27-14-12-18(13-15-27)16-19-10-8-9-11-20(19)23(2,3)4/h8-11,18H,1,12-16H2,2-7H3,(H,25,28)(H,26,29). The predicted molar refractivity (Wildman–Crippen MR) is 120 cm³/mol. The van der Waals surface area contributed by atoms with E-state index >= 15 is 0 Å². The normalized spacial score (nSPS) is 15.5. The molecule has 1 saturated heterocycles. The first-order chi connectivity index (χ1) is 13.9. The van der Waals surface area contributed by atoms with Crippen LogP contribution in [0.4, 0.5) is 4.79 Å². The molecule has 0 aliphatic carbocycles. The van der Waals surface area contributed by atoms with Crippen LogP contribution < -0.4 is 10.9 Å². The molecule has 0 bridgehead atoms. The van der Waals surface area contributed by atoms with Gasteiger partial charge in [0.05, 0.1) is 5.70 Å². The second-order valence-electron chi connectivity index (χ2n) is 10.1. The minimum absolute atomic E-state index is 0.130. The molecule has 1 fully saturated rings. The Morgan fingerprint density at radius 2 is 1.67 bits per heavy atom. The van der Waals surface area contributed by atoms with E-state index in [1.807, 2.05) is 4.90 Å². The van der Waals surface area contributed by atoms with E-state index in [9.17, 15) is 9.59 Å². The van der Waals surface area contributed by atoms with Crippen LogP contribution in [0.1, 0.15) is 65.5 Å². The average Bonchev–Trinajstić information content (AvgIpc) is 2.64. The molecule has 6 nitrogen and oxygen atoms in total. The van der Waals surface area contributed by atoms with Crippen LogP contribution in [-0.2, 0) is 21.4 Å². The zero-order chi connectivity index (χ0) is 22.5. The van der Waals surface area contributed by atoms with Gasteiger partial charge in [-0.05, 0) is 62.5 Å². The number of hydrogen-bond donors (Lipinski definition) is 2. The number of nitrogens with zero attached hydrogens (tertiary/aromatic N) is 1. The van der Waals surface area contributed by atoms with Gasteiger partial charge in [0.2, 0.25) is 0 Å². The molecule has 6 heteroatoms. The smallest absolute Gasteiger partial charge is 0.426 e. The molecule has 166 valence electrons. The highest BCUT2D eigenvalue weighted by Crippen LogP contribution is 2.30. The number of carbonyl (C=O) groups excluding carboxylic acids is 2. The molecule has 0 saturated carbocycles. The van der Waals surface area contributed by atoms with Gasteiger partial charge < -0.3 is 9.64 Å². The van der Waals surface area contributed by atoms with Gasteiger partial charge in [0.15, 0.2) is 0 Å². The highest BCUT2D eigenvalue weighted by atomic mass is 16.6. The number of carbonyl (C=O) groups is 2. The average molecular weight is 416 g/mol. The van der Waals surface area contributed by atoms with Gasteiger partial charge in [0.1, 0.15) is 5.60 Å². The number of piperidine rings is 1. The van der Waals surface area contributed by atoms with Gasteiger partial charge in [-0.2, -0.15) is 0 Å². The van der Waals surface area contributed by atoms with E-state index in [4.69, 9.17) is 4.74 Å². The van der Waals surface area contributed by atoms with Crippen molar-refractivity contribution in [1.29, 1.82) is 0 Å². The van der Waals surface area contributed by atoms with Crippen molar-refractivity contribution < 1.29 is 14.3 Å². The third kappa shape index (κ3) is 7.08. The zero-order valence-corrected chi connectivity index (χ0v) is 19.3. The molecule has 0 unspecified atom stereocenters. The zero-order valence-electron chi connectivity index (χ0n) is 19.3. The number of hydrazine groups is 1. The van der Waals surface area contributed by atoms with Gasteiger partial charge in [-0.15, -0.1) is 0 Å². The number of likely N-dealkylation sites (tertiary alicyclic amines) is 1. The lowest BCUT2D eigenvalue weighted by Crippen LogP contribution is -2.47. The molecule has 30 heavy (non-hydrogen) atoms. The molecule has 1 aromatic rings. The first-order valence-electron chi connectivity index (χ1n) is 10.7. The van der Waals surface area contributed by atoms with Crippen LogP contribution >= 0.6 is 0 Å². The van der Waals surface area contributed by atoms with Crippen molar-refractivity contribution in [2.24, 2.45) is 5.92 Å². The molecule has 1 aliphatic heterocycles. The van der Waals surface area contributed by atoms with E-state index in [1.165, 1.54) is 11.1 Å². The van der Waals surface area contributed by atoms with Crippen molar-refractivity contribution in [2.45, 2.75) is 71.8 Å². The van der Waals surface area contributed by atoms with Crippen LogP contribution in [0, 0.1) is 5.92 Å². The maximum atomic E-state index is 12.3. The molecule has 1 aliphatic rings. The minimum atomic E-state index is -0.695. The Labute approximate surface area is 181 Å². The number of ether oxygens (including phenoxy) is 1. The molecule has 0 aromatic heterocycles. The quantitative estimate of drug-likeness (QED) is 0.568. The largest absolute Gasteiger partial charge is 0.443 e. The molecular weight excluding hydrogens is 378 g/mol. The van der Waals surface area contributed by atoms with Crippen LogP contribution in [0.15, 0.2) is 36.5 Å². The molecule has 0 spiro atoms. The van der Waals surface area contributed by atoms with Gasteiger partial charge in [-0.3, -0.25) is 10.2 Å². The summed E-state index contributed by atoms with van der Waals surface area (Å²) >= 11 is 0. The van der Waals surface area contributed by atoms with Crippen molar-refractivity contribution in [3.8, 4) is 0 Å². The maximum Gasteiger partial charge on any atom is 0.426 e. The van der Waals surface area contributed by atoms with Crippen molar-refractivity contribution >= 4 is 12.0 Å². The number of amides is 2. The second-order valence-corrected chi connectivity index (χ2v) is 10.1. The van der Waals surface area contributed by atoms with E-state index < -0.39 is 17.6 Å². The first kappa shape index (κ1) is 23.8. The SMILES string of the molecule is C=C(C(=O)NNC(=O)OC(C)(C)C)N1CCC(Cc2ccccc2C(C)(C)C)CC1. The van der Waals surface area contributed by atoms with Crippen molar-refractivity contribution in [2.75, 3.05) is 13.1 Å². The van der Waals surface area contributed by atoms with E-state index in [1.54, 1.807) is 20.8 Å². The van der Waals surface area contributed by atoms with Crippen LogP contribution in [0.25, 0.3) is 0 Å². The van der Waals surface area contributed by atoms with Gasteiger partial charge in [0, 0.05) is 13.1 Å². The number of hydrogen-bond acceptors (Lipinski definition) is 4. The topological polar surface area (TPSA) is 70.7 Å². The Bertz CT molecular complexity index is 767. The molecule has 0 atom stereocenters. The maximum absolute atomic E-state index is 12.3. The van der Waals surface area contributed by atoms with Crippen molar-refractivity contribution in [3.05, 3.63) is 47.7 Å². The third-order valence-corrected chi connectivity index (χ3v) is 5.27. The Morgan fingerprint density at radius 1 is 1.07 bits per heavy atom. The summed E-state index contributed by atoms with van der Waals surface area (Å²) in [6.45, 7) is 17.5. The fourth-order valence-electron chi connectivity index (χ4n) is 3.78. The first-order valence-corrected chi connectivity index (χ1v) is 10.7. The van der Waals surface area contributed by atoms with E-state index in [-0.39, 0.29) is 5.41 Å². The van der Waals surface area contributed by atoms with Crippen LogP contribution in [0.3, 0.4) is 0 Å². The summed E-state index contributed by atoms with van der Waals surface area (Å²) in [5.41, 5.74) is 7.33. The van der Waals surface area contributed by atoms with Crippen LogP contribution in [-0.4, -0.2) is 35.6 Å². The summed E-state index contributed by atoms with van der Waals surface area (Å²) in [4.78, 5) is 26.0. The van der Waals surface area contributed by atoms with Crippen LogP contribution in [0.2, 0.25) is 0 Å². The van der Waals surface area contributed by atoms with Gasteiger partial charge >= 0.3 is 6.09 Å². The number of rotatable bonds is 4. The minimum Gasteiger partial charge on any atom is -0.443 e. The monoisotopic (exact) mass is 415 g/mol. The number of nitrogens with one attached hydrogen (secondary N) is 2. The Morgan fingerprint density at radius 3 is 2.23 bits per heavy atom. The number of benzene rings is 1. The summed E-state index contributed by atoms with van der Waals surface area (Å²) < 4.78 is 5.11. The summed E-state index contributed by atoms with van der Waals surface area (Å²) in [5.74, 6) is 0.165. The molecule has 1 aromatic carbocycles. The van der Waals surface area contributed by atoms with Crippen molar-refractivity contribution in [3.63, 3.8) is 0 Å². The summed E-state index contributed by atoms with van der Waals surface area (Å²) in [7, 11) is 0. The molecule has 2 amide bonds. The second kappa shape index (κ2) is 9.54. The van der Waals surface area contributed by atoms with E-state index in [0.717, 1.165) is 32.4 Å². The highest BCUT2D eigenvalue weighted by Gasteiger charge is 2.26. The Balaban J connectivity index is 1.84. The van der Waals surface area contributed by atoms with Gasteiger partial charge in [0.25, 0.3) is 5.91 Å². The molecule has 2 rings (SSSR count). The highest BCUT2D eigenvalue weighted by molar-refractivity contribution is 5.93. The molecule has 2 N–H and O–H groups in total. The summed E-state index contributed by atoms with van der Waals surface area (Å²) in [6, 6.07) is 8.69. The third-order valence-electron chi connectivity index (χ3n) is 5.27. The van der Waals surface area contributed by atoms with Gasteiger partial charge in [-0.1, -0.05) is 51.6 Å². The van der Waals surface area contributed by atoms with E-state index in [0.29, 0.717) is 11.6 Å². The van der Waals surface area contributed by atoms with Crippen molar-refractivity contribution in [1.82, 2.24) is 15.8 Å². The molecular formula is C24H37N3O3. The fraction of sp³-hybridized carbons (Fsp3) is 0.583. The Kier molecular flexibility index (Phi) is 7.56. The summed E-state index contributed by atoms with van der Waals surface area (Å²) in [6.07, 6.45) is 2.37. The fourth-order valence-corrected chi connectivity index (χ4v) is 3.78.